The molecule has 4 N–H and O–H groups in total. The summed E-state index contributed by atoms with van der Waals surface area (Å²) in [6.07, 6.45) is 1.17. The van der Waals surface area contributed by atoms with Crippen LogP contribution < -0.4 is 16.4 Å². The van der Waals surface area contributed by atoms with Crippen LogP contribution in [0.15, 0.2) is 0 Å². The van der Waals surface area contributed by atoms with Gasteiger partial charge in [-0.05, 0) is 18.9 Å². The van der Waals surface area contributed by atoms with Crippen LogP contribution in [0.2, 0.25) is 0 Å². The highest BCUT2D eigenvalue weighted by Crippen LogP contribution is 2.01. The third-order valence-electron chi connectivity index (χ3n) is 2.42. The molecule has 2 amide bonds. The van der Waals surface area contributed by atoms with Gasteiger partial charge in [-0.25, -0.2) is 0 Å². The van der Waals surface area contributed by atoms with Crippen LogP contribution in [0.1, 0.15) is 40.5 Å². The Morgan fingerprint density at radius 1 is 1.18 bits per heavy atom. The standard InChI is InChI=1S/C12H25N3O2/c1-8(2)11(12(13)17)15-10(16)6-5-7-14-9(3)4/h8-9,11,14H,5-7H2,1-4H3,(H2,13,17)(H,15,16). The molecule has 0 aliphatic rings. The highest BCUT2D eigenvalue weighted by molar-refractivity contribution is 5.86. The molecule has 0 saturated carbocycles. The van der Waals surface area contributed by atoms with Gasteiger partial charge in [-0.1, -0.05) is 27.7 Å². The second-order valence-electron chi connectivity index (χ2n) is 4.90. The summed E-state index contributed by atoms with van der Waals surface area (Å²) in [5.74, 6) is -0.577. The second kappa shape index (κ2) is 8.06. The van der Waals surface area contributed by atoms with Gasteiger partial charge in [-0.3, -0.25) is 9.59 Å². The number of hydrogen-bond donors (Lipinski definition) is 3. The summed E-state index contributed by atoms with van der Waals surface area (Å²) in [7, 11) is 0. The van der Waals surface area contributed by atoms with Crippen molar-refractivity contribution in [1.29, 1.82) is 0 Å². The van der Waals surface area contributed by atoms with E-state index in [0.29, 0.717) is 12.5 Å². The summed E-state index contributed by atoms with van der Waals surface area (Å²) in [4.78, 5) is 22.7. The van der Waals surface area contributed by atoms with Gasteiger partial charge in [0.05, 0.1) is 0 Å². The third-order valence-corrected chi connectivity index (χ3v) is 2.42. The molecule has 0 spiro atoms. The number of nitrogens with two attached hydrogens (primary N) is 1. The lowest BCUT2D eigenvalue weighted by molar-refractivity contribution is -0.128. The second-order valence-corrected chi connectivity index (χ2v) is 4.90. The van der Waals surface area contributed by atoms with E-state index in [1.54, 1.807) is 0 Å². The molecule has 0 rings (SSSR count). The Kier molecular flexibility index (Phi) is 7.54. The highest BCUT2D eigenvalue weighted by Gasteiger charge is 2.20. The zero-order valence-corrected chi connectivity index (χ0v) is 11.2. The number of carbonyl (C=O) groups excluding carboxylic acids is 2. The lowest BCUT2D eigenvalue weighted by Gasteiger charge is -2.18. The van der Waals surface area contributed by atoms with E-state index in [1.165, 1.54) is 0 Å². The molecule has 0 aliphatic carbocycles. The molecule has 100 valence electrons. The van der Waals surface area contributed by atoms with Crippen molar-refractivity contribution in [2.75, 3.05) is 6.54 Å². The molecule has 0 bridgehead atoms. The summed E-state index contributed by atoms with van der Waals surface area (Å²) in [6, 6.07) is -0.146. The first kappa shape index (κ1) is 15.9. The molecular weight excluding hydrogens is 218 g/mol. The molecule has 0 aromatic rings. The first-order valence-corrected chi connectivity index (χ1v) is 6.16. The average Bonchev–Trinajstić information content (AvgIpc) is 2.19. The molecule has 1 unspecified atom stereocenters. The first-order valence-electron chi connectivity index (χ1n) is 6.16. The fraction of sp³-hybridized carbons (Fsp3) is 0.833. The maximum atomic E-state index is 11.6. The van der Waals surface area contributed by atoms with Gasteiger partial charge in [-0.2, -0.15) is 0 Å². The molecule has 0 aromatic heterocycles. The molecule has 1 atom stereocenters. The monoisotopic (exact) mass is 243 g/mol. The Bertz CT molecular complexity index is 252. The first-order chi connectivity index (χ1) is 7.84. The van der Waals surface area contributed by atoms with Gasteiger partial charge in [0, 0.05) is 12.5 Å². The summed E-state index contributed by atoms with van der Waals surface area (Å²) >= 11 is 0. The molecule has 5 nitrogen and oxygen atoms in total. The van der Waals surface area contributed by atoms with Crippen LogP contribution in [0.3, 0.4) is 0 Å². The van der Waals surface area contributed by atoms with E-state index in [9.17, 15) is 9.59 Å². The fourth-order valence-corrected chi connectivity index (χ4v) is 1.45. The Labute approximate surface area is 104 Å². The largest absolute Gasteiger partial charge is 0.368 e. The molecule has 0 aliphatic heterocycles. The van der Waals surface area contributed by atoms with Gasteiger partial charge in [-0.15, -0.1) is 0 Å². The minimum absolute atomic E-state index is 0.0187. The Hall–Kier alpha value is -1.10. The van der Waals surface area contributed by atoms with Gasteiger partial charge in [0.1, 0.15) is 6.04 Å². The lowest BCUT2D eigenvalue weighted by atomic mass is 10.0. The van der Waals surface area contributed by atoms with Crippen LogP contribution in [0.25, 0.3) is 0 Å². The maximum Gasteiger partial charge on any atom is 0.240 e. The SMILES string of the molecule is CC(C)NCCCC(=O)NC(C(N)=O)C(C)C. The Morgan fingerprint density at radius 3 is 2.18 bits per heavy atom. The van der Waals surface area contributed by atoms with Crippen molar-refractivity contribution in [2.45, 2.75) is 52.6 Å². The van der Waals surface area contributed by atoms with Gasteiger partial charge in [0.15, 0.2) is 0 Å². The molecule has 0 aromatic carbocycles. The average molecular weight is 243 g/mol. The van der Waals surface area contributed by atoms with Crippen LogP contribution in [-0.2, 0) is 9.59 Å². The van der Waals surface area contributed by atoms with Gasteiger partial charge >= 0.3 is 0 Å². The quantitative estimate of drug-likeness (QED) is 0.539. The van der Waals surface area contributed by atoms with Crippen molar-refractivity contribution in [3.8, 4) is 0 Å². The van der Waals surface area contributed by atoms with E-state index in [4.69, 9.17) is 5.73 Å². The van der Waals surface area contributed by atoms with E-state index < -0.39 is 11.9 Å². The lowest BCUT2D eigenvalue weighted by Crippen LogP contribution is -2.47. The number of primary amides is 1. The molecule has 17 heavy (non-hydrogen) atoms. The van der Waals surface area contributed by atoms with Crippen molar-refractivity contribution in [1.82, 2.24) is 10.6 Å². The molecule has 0 fully saturated rings. The van der Waals surface area contributed by atoms with Crippen LogP contribution in [0.4, 0.5) is 0 Å². The topological polar surface area (TPSA) is 84.2 Å². The minimum atomic E-state index is -0.569. The smallest absolute Gasteiger partial charge is 0.240 e. The van der Waals surface area contributed by atoms with Gasteiger partial charge in [0.25, 0.3) is 0 Å². The van der Waals surface area contributed by atoms with Crippen LogP contribution in [0.5, 0.6) is 0 Å². The van der Waals surface area contributed by atoms with Crippen molar-refractivity contribution >= 4 is 11.8 Å². The number of carbonyl (C=O) groups is 2. The third kappa shape index (κ3) is 7.74. The van der Waals surface area contributed by atoms with E-state index in [-0.39, 0.29) is 11.8 Å². The zero-order valence-electron chi connectivity index (χ0n) is 11.2. The Balaban J connectivity index is 3.87. The van der Waals surface area contributed by atoms with Crippen LogP contribution in [-0.4, -0.2) is 30.4 Å². The Morgan fingerprint density at radius 2 is 1.76 bits per heavy atom. The number of nitrogens with one attached hydrogen (secondary N) is 2. The van der Waals surface area contributed by atoms with E-state index in [1.807, 2.05) is 13.8 Å². The molecule has 5 heteroatoms. The highest BCUT2D eigenvalue weighted by atomic mass is 16.2. The molecule has 0 heterocycles. The zero-order chi connectivity index (χ0) is 13.4. The van der Waals surface area contributed by atoms with Gasteiger partial charge in [0.2, 0.25) is 11.8 Å². The van der Waals surface area contributed by atoms with Crippen LogP contribution in [0, 0.1) is 5.92 Å². The van der Waals surface area contributed by atoms with Gasteiger partial charge < -0.3 is 16.4 Å². The molecule has 0 radical (unpaired) electrons. The summed E-state index contributed by atoms with van der Waals surface area (Å²) in [5.41, 5.74) is 5.21. The number of amides is 2. The minimum Gasteiger partial charge on any atom is -0.368 e. The predicted molar refractivity (Wildman–Crippen MR) is 68.3 cm³/mol. The molecule has 0 saturated heterocycles. The fourth-order valence-electron chi connectivity index (χ4n) is 1.45. The normalized spacial score (nSPS) is 12.8. The van der Waals surface area contributed by atoms with Crippen LogP contribution >= 0.6 is 0 Å². The van der Waals surface area contributed by atoms with E-state index >= 15 is 0 Å². The number of hydrogen-bond acceptors (Lipinski definition) is 3. The van der Waals surface area contributed by atoms with Crippen molar-refractivity contribution < 1.29 is 9.59 Å². The summed E-state index contributed by atoms with van der Waals surface area (Å²) < 4.78 is 0. The number of rotatable bonds is 8. The molecular formula is C12H25N3O2. The van der Waals surface area contributed by atoms with E-state index in [0.717, 1.165) is 13.0 Å². The summed E-state index contributed by atoms with van der Waals surface area (Å²) in [5, 5.41) is 5.89. The summed E-state index contributed by atoms with van der Waals surface area (Å²) in [6.45, 7) is 8.63. The maximum absolute atomic E-state index is 11.6. The van der Waals surface area contributed by atoms with Crippen molar-refractivity contribution in [3.05, 3.63) is 0 Å². The predicted octanol–water partition coefficient (Wildman–Crippen LogP) is 0.391. The van der Waals surface area contributed by atoms with Crippen molar-refractivity contribution in [2.24, 2.45) is 11.7 Å². The van der Waals surface area contributed by atoms with E-state index in [2.05, 4.69) is 24.5 Å². The van der Waals surface area contributed by atoms with Crippen molar-refractivity contribution in [3.63, 3.8) is 0 Å².